The summed E-state index contributed by atoms with van der Waals surface area (Å²) in [5.74, 6) is -2.11. The molecule has 0 aromatic heterocycles. The Morgan fingerprint density at radius 2 is 1.69 bits per heavy atom. The van der Waals surface area contributed by atoms with Gasteiger partial charge >= 0.3 is 0 Å². The van der Waals surface area contributed by atoms with E-state index in [-0.39, 0.29) is 39.0 Å². The molecule has 10 heteroatoms. The molecule has 0 aliphatic rings. The lowest BCUT2D eigenvalue weighted by Crippen LogP contribution is -2.25. The number of halogens is 1. The normalized spacial score (nSPS) is 10.1. The van der Waals surface area contributed by atoms with Gasteiger partial charge < -0.3 is 24.7 Å². The van der Waals surface area contributed by atoms with E-state index >= 15 is 0 Å². The summed E-state index contributed by atoms with van der Waals surface area (Å²) in [6.07, 6.45) is 0. The second-order valence-corrected chi connectivity index (χ2v) is 5.32. The number of carboxylic acids is 1. The van der Waals surface area contributed by atoms with E-state index in [4.69, 9.17) is 21.1 Å². The number of rotatable bonds is 6. The molecule has 0 unspecified atom stereocenters. The lowest BCUT2D eigenvalue weighted by molar-refractivity contribution is -0.384. The van der Waals surface area contributed by atoms with Crippen molar-refractivity contribution < 1.29 is 29.1 Å². The fourth-order valence-corrected chi connectivity index (χ4v) is 2.35. The number of aromatic carboxylic acids is 1. The molecule has 0 aliphatic carbocycles. The standard InChI is InChI=1S/C16H13ClN2O7/c1-25-13-6-10(16(21)22)12(7-14(13)26-2)18-15(20)9-5-8(19(23)24)3-4-11(9)17/h3-7H,1-2H3,(H,18,20)(H,21,22)/p-1. The van der Waals surface area contributed by atoms with Crippen molar-refractivity contribution in [3.8, 4) is 11.5 Å². The molecule has 0 fully saturated rings. The highest BCUT2D eigenvalue weighted by molar-refractivity contribution is 6.34. The first-order valence-corrected chi connectivity index (χ1v) is 7.39. The number of carbonyl (C=O) groups is 2. The summed E-state index contributed by atoms with van der Waals surface area (Å²) in [5.41, 5.74) is -1.04. The third kappa shape index (κ3) is 3.83. The van der Waals surface area contributed by atoms with Gasteiger partial charge in [0.2, 0.25) is 0 Å². The van der Waals surface area contributed by atoms with Crippen LogP contribution in [-0.2, 0) is 0 Å². The Bertz CT molecular complexity index is 898. The molecule has 0 heterocycles. The maximum Gasteiger partial charge on any atom is 0.270 e. The predicted molar refractivity (Wildman–Crippen MR) is 89.9 cm³/mol. The third-order valence-electron chi connectivity index (χ3n) is 3.40. The number of amides is 1. The lowest BCUT2D eigenvalue weighted by atomic mass is 10.1. The summed E-state index contributed by atoms with van der Waals surface area (Å²) >= 11 is 5.91. The van der Waals surface area contributed by atoms with Gasteiger partial charge in [0.05, 0.1) is 41.4 Å². The van der Waals surface area contributed by atoms with Crippen molar-refractivity contribution in [3.05, 3.63) is 56.6 Å². The number of benzene rings is 2. The zero-order chi connectivity index (χ0) is 19.4. The van der Waals surface area contributed by atoms with Gasteiger partial charge in [-0.2, -0.15) is 0 Å². The van der Waals surface area contributed by atoms with Crippen LogP contribution in [0.2, 0.25) is 5.02 Å². The second kappa shape index (κ2) is 7.70. The van der Waals surface area contributed by atoms with E-state index in [0.29, 0.717) is 0 Å². The molecule has 0 saturated carbocycles. The molecular formula is C16H12ClN2O7-. The van der Waals surface area contributed by atoms with Crippen molar-refractivity contribution in [3.63, 3.8) is 0 Å². The Balaban J connectivity index is 2.47. The van der Waals surface area contributed by atoms with E-state index in [1.807, 2.05) is 0 Å². The zero-order valence-electron chi connectivity index (χ0n) is 13.6. The Morgan fingerprint density at radius 3 is 2.23 bits per heavy atom. The smallest absolute Gasteiger partial charge is 0.270 e. The van der Waals surface area contributed by atoms with Crippen LogP contribution in [0.15, 0.2) is 30.3 Å². The SMILES string of the molecule is COc1cc(NC(=O)c2cc([N+](=O)[O-])ccc2Cl)c(C(=O)[O-])cc1OC. The molecule has 26 heavy (non-hydrogen) atoms. The summed E-state index contributed by atoms with van der Waals surface area (Å²) in [5, 5.41) is 24.5. The number of carbonyl (C=O) groups excluding carboxylic acids is 2. The first-order valence-electron chi connectivity index (χ1n) is 7.01. The summed E-state index contributed by atoms with van der Waals surface area (Å²) < 4.78 is 10.1. The Hall–Kier alpha value is -3.33. The van der Waals surface area contributed by atoms with Gasteiger partial charge in [-0.1, -0.05) is 11.6 Å². The van der Waals surface area contributed by atoms with Crippen molar-refractivity contribution in [2.24, 2.45) is 0 Å². The molecule has 0 radical (unpaired) electrons. The van der Waals surface area contributed by atoms with E-state index in [1.165, 1.54) is 26.4 Å². The van der Waals surface area contributed by atoms with Crippen LogP contribution in [0, 0.1) is 10.1 Å². The zero-order valence-corrected chi connectivity index (χ0v) is 14.3. The van der Waals surface area contributed by atoms with Crippen LogP contribution in [-0.4, -0.2) is 31.0 Å². The first kappa shape index (κ1) is 19.0. The van der Waals surface area contributed by atoms with Crippen LogP contribution in [0.5, 0.6) is 11.5 Å². The molecule has 2 rings (SSSR count). The maximum absolute atomic E-state index is 12.4. The van der Waals surface area contributed by atoms with Gasteiger partial charge in [-0.25, -0.2) is 0 Å². The predicted octanol–water partition coefficient (Wildman–Crippen LogP) is 1.88. The summed E-state index contributed by atoms with van der Waals surface area (Å²) in [4.78, 5) is 34.0. The molecule has 0 atom stereocenters. The summed E-state index contributed by atoms with van der Waals surface area (Å²) in [6, 6.07) is 5.67. The molecule has 2 aromatic carbocycles. The number of nitrogens with zero attached hydrogens (tertiary/aromatic N) is 1. The highest BCUT2D eigenvalue weighted by atomic mass is 35.5. The van der Waals surface area contributed by atoms with Gasteiger partial charge in [0, 0.05) is 23.8 Å². The molecule has 0 saturated heterocycles. The van der Waals surface area contributed by atoms with Crippen molar-refractivity contribution >= 4 is 34.9 Å². The largest absolute Gasteiger partial charge is 0.545 e. The van der Waals surface area contributed by atoms with E-state index < -0.39 is 16.8 Å². The number of carboxylic acid groups (broad SMARTS) is 1. The van der Waals surface area contributed by atoms with Gasteiger partial charge in [0.25, 0.3) is 11.6 Å². The summed E-state index contributed by atoms with van der Waals surface area (Å²) in [7, 11) is 2.65. The van der Waals surface area contributed by atoms with Crippen LogP contribution in [0.4, 0.5) is 11.4 Å². The Kier molecular flexibility index (Phi) is 5.63. The van der Waals surface area contributed by atoms with Gasteiger partial charge in [-0.05, 0) is 12.1 Å². The monoisotopic (exact) mass is 379 g/mol. The number of hydrogen-bond acceptors (Lipinski definition) is 7. The minimum absolute atomic E-state index is 0.0384. The van der Waals surface area contributed by atoms with E-state index in [2.05, 4.69) is 5.32 Å². The molecular weight excluding hydrogens is 368 g/mol. The van der Waals surface area contributed by atoms with Crippen LogP contribution < -0.4 is 19.9 Å². The number of hydrogen-bond donors (Lipinski definition) is 1. The van der Waals surface area contributed by atoms with Crippen molar-refractivity contribution in [1.29, 1.82) is 0 Å². The lowest BCUT2D eigenvalue weighted by Gasteiger charge is -2.16. The van der Waals surface area contributed by atoms with Crippen molar-refractivity contribution in [1.82, 2.24) is 0 Å². The van der Waals surface area contributed by atoms with Gasteiger partial charge in [-0.15, -0.1) is 0 Å². The second-order valence-electron chi connectivity index (χ2n) is 4.92. The summed E-state index contributed by atoms with van der Waals surface area (Å²) in [6.45, 7) is 0. The number of nitro benzene ring substituents is 1. The Labute approximate surface area is 152 Å². The molecule has 0 aliphatic heterocycles. The number of methoxy groups -OCH3 is 2. The van der Waals surface area contributed by atoms with Crippen LogP contribution >= 0.6 is 11.6 Å². The number of nitro groups is 1. The number of anilines is 1. The van der Waals surface area contributed by atoms with Crippen LogP contribution in [0.3, 0.4) is 0 Å². The van der Waals surface area contributed by atoms with E-state index in [1.54, 1.807) is 0 Å². The fraction of sp³-hybridized carbons (Fsp3) is 0.125. The quantitative estimate of drug-likeness (QED) is 0.598. The van der Waals surface area contributed by atoms with Crippen molar-refractivity contribution in [2.45, 2.75) is 0 Å². The minimum Gasteiger partial charge on any atom is -0.545 e. The van der Waals surface area contributed by atoms with Gasteiger partial charge in [0.1, 0.15) is 0 Å². The van der Waals surface area contributed by atoms with E-state index in [0.717, 1.165) is 18.2 Å². The average molecular weight is 380 g/mol. The first-order chi connectivity index (χ1) is 12.3. The average Bonchev–Trinajstić information content (AvgIpc) is 2.60. The number of non-ortho nitro benzene ring substituents is 1. The molecule has 1 amide bonds. The van der Waals surface area contributed by atoms with E-state index in [9.17, 15) is 24.8 Å². The number of nitrogens with one attached hydrogen (secondary N) is 1. The molecule has 2 aromatic rings. The van der Waals surface area contributed by atoms with Gasteiger partial charge in [0.15, 0.2) is 11.5 Å². The maximum atomic E-state index is 12.4. The molecule has 9 nitrogen and oxygen atoms in total. The molecule has 0 spiro atoms. The fourth-order valence-electron chi connectivity index (χ4n) is 2.14. The molecule has 1 N–H and O–H groups in total. The van der Waals surface area contributed by atoms with Crippen LogP contribution in [0.1, 0.15) is 20.7 Å². The minimum atomic E-state index is -1.56. The van der Waals surface area contributed by atoms with Crippen LogP contribution in [0.25, 0.3) is 0 Å². The topological polar surface area (TPSA) is 131 Å². The molecule has 0 bridgehead atoms. The van der Waals surface area contributed by atoms with Crippen molar-refractivity contribution in [2.75, 3.05) is 19.5 Å². The van der Waals surface area contributed by atoms with Gasteiger partial charge in [-0.3, -0.25) is 14.9 Å². The highest BCUT2D eigenvalue weighted by Gasteiger charge is 2.19. The highest BCUT2D eigenvalue weighted by Crippen LogP contribution is 2.33. The third-order valence-corrected chi connectivity index (χ3v) is 3.73. The molecule has 136 valence electrons. The number of ether oxygens (including phenoxy) is 2. The Morgan fingerprint density at radius 1 is 1.08 bits per heavy atom.